The lowest BCUT2D eigenvalue weighted by Crippen LogP contribution is -2.42. The molecule has 2 nitrogen and oxygen atoms in total. The lowest BCUT2D eigenvalue weighted by atomic mass is 10.0. The Kier molecular flexibility index (Phi) is 5.51. The van der Waals surface area contributed by atoms with E-state index in [1.54, 1.807) is 0 Å². The van der Waals surface area contributed by atoms with Crippen LogP contribution >= 0.6 is 0 Å². The molecule has 1 N–H and O–H groups in total. The van der Waals surface area contributed by atoms with Gasteiger partial charge in [-0.1, -0.05) is 34.6 Å². The first kappa shape index (κ1) is 15.1. The molecule has 92 valence electrons. The van der Waals surface area contributed by atoms with E-state index in [4.69, 9.17) is 4.43 Å². The van der Waals surface area contributed by atoms with E-state index < -0.39 is 8.32 Å². The third-order valence-electron chi connectivity index (χ3n) is 3.59. The lowest BCUT2D eigenvalue weighted by Gasteiger charge is -2.37. The van der Waals surface area contributed by atoms with Crippen LogP contribution in [0.2, 0.25) is 18.1 Å². The van der Waals surface area contributed by atoms with E-state index in [-0.39, 0.29) is 17.1 Å². The summed E-state index contributed by atoms with van der Waals surface area (Å²) in [5.41, 5.74) is 0. The second-order valence-corrected chi connectivity index (χ2v) is 10.8. The lowest BCUT2D eigenvalue weighted by molar-refractivity contribution is 0.0773. The van der Waals surface area contributed by atoms with Gasteiger partial charge >= 0.3 is 0 Å². The number of hydrogen-bond donors (Lipinski definition) is 1. The summed E-state index contributed by atoms with van der Waals surface area (Å²) >= 11 is 0. The smallest absolute Gasteiger partial charge is 0.191 e. The zero-order valence-corrected chi connectivity index (χ0v) is 12.4. The van der Waals surface area contributed by atoms with Gasteiger partial charge in [0.15, 0.2) is 8.32 Å². The largest absolute Gasteiger partial charge is 0.416 e. The SMILES string of the molecule is CC[C@@H](O)[C@@H](C)CO[Si](C)(C)C(C)(C)C. The molecule has 0 saturated heterocycles. The van der Waals surface area contributed by atoms with Crippen LogP contribution in [-0.2, 0) is 4.43 Å². The number of aliphatic hydroxyl groups is 1. The van der Waals surface area contributed by atoms with Gasteiger partial charge in [-0.3, -0.25) is 0 Å². The van der Waals surface area contributed by atoms with Crippen LogP contribution in [0.4, 0.5) is 0 Å². The van der Waals surface area contributed by atoms with Crippen molar-refractivity contribution in [3.63, 3.8) is 0 Å². The zero-order valence-electron chi connectivity index (χ0n) is 11.4. The highest BCUT2D eigenvalue weighted by molar-refractivity contribution is 6.74. The van der Waals surface area contributed by atoms with E-state index in [0.29, 0.717) is 6.61 Å². The molecule has 0 saturated carbocycles. The van der Waals surface area contributed by atoms with Gasteiger partial charge in [0.2, 0.25) is 0 Å². The third kappa shape index (κ3) is 4.66. The van der Waals surface area contributed by atoms with Crippen molar-refractivity contribution >= 4 is 8.32 Å². The fourth-order valence-corrected chi connectivity index (χ4v) is 2.18. The molecule has 3 heteroatoms. The summed E-state index contributed by atoms with van der Waals surface area (Å²) in [7, 11) is -1.64. The molecule has 0 bridgehead atoms. The van der Waals surface area contributed by atoms with E-state index in [1.807, 2.05) is 6.92 Å². The Morgan fingerprint density at radius 1 is 1.27 bits per heavy atom. The highest BCUT2D eigenvalue weighted by Gasteiger charge is 2.37. The topological polar surface area (TPSA) is 29.5 Å². The molecule has 0 aromatic heterocycles. The van der Waals surface area contributed by atoms with Crippen LogP contribution in [0.25, 0.3) is 0 Å². The normalized spacial score (nSPS) is 17.6. The molecule has 0 aliphatic carbocycles. The van der Waals surface area contributed by atoms with Gasteiger partial charge in [0.1, 0.15) is 0 Å². The van der Waals surface area contributed by atoms with E-state index >= 15 is 0 Å². The molecule has 2 atom stereocenters. The number of rotatable bonds is 5. The molecule has 0 fully saturated rings. The minimum Gasteiger partial charge on any atom is -0.416 e. The standard InChI is InChI=1S/C12H28O2Si/c1-8-11(13)10(2)9-14-15(6,7)12(3,4)5/h10-11,13H,8-9H2,1-7H3/t10-,11+/m0/s1. The Balaban J connectivity index is 4.16. The van der Waals surface area contributed by atoms with Crippen molar-refractivity contribution < 1.29 is 9.53 Å². The van der Waals surface area contributed by atoms with Crippen molar-refractivity contribution in [1.82, 2.24) is 0 Å². The fourth-order valence-electron chi connectivity index (χ4n) is 1.07. The van der Waals surface area contributed by atoms with Crippen LogP contribution in [-0.4, -0.2) is 26.1 Å². The summed E-state index contributed by atoms with van der Waals surface area (Å²) in [6.45, 7) is 16.0. The first-order chi connectivity index (χ1) is 6.62. The van der Waals surface area contributed by atoms with Crippen molar-refractivity contribution in [1.29, 1.82) is 0 Å². The maximum absolute atomic E-state index is 9.66. The van der Waals surface area contributed by atoms with Gasteiger partial charge in [0.25, 0.3) is 0 Å². The van der Waals surface area contributed by atoms with Gasteiger partial charge in [-0.15, -0.1) is 0 Å². The summed E-state index contributed by atoms with van der Waals surface area (Å²) in [5.74, 6) is 0.240. The van der Waals surface area contributed by atoms with Crippen LogP contribution < -0.4 is 0 Å². The van der Waals surface area contributed by atoms with Gasteiger partial charge in [-0.2, -0.15) is 0 Å². The molecule has 0 rings (SSSR count). The van der Waals surface area contributed by atoms with Gasteiger partial charge in [-0.25, -0.2) is 0 Å². The Morgan fingerprint density at radius 2 is 1.73 bits per heavy atom. The second-order valence-electron chi connectivity index (χ2n) is 6.02. The van der Waals surface area contributed by atoms with Crippen molar-refractivity contribution in [3.8, 4) is 0 Å². The highest BCUT2D eigenvalue weighted by atomic mass is 28.4. The number of aliphatic hydroxyl groups excluding tert-OH is 1. The maximum atomic E-state index is 9.66. The summed E-state index contributed by atoms with van der Waals surface area (Å²) in [4.78, 5) is 0. The molecule has 0 aliphatic heterocycles. The van der Waals surface area contributed by atoms with Crippen LogP contribution in [0, 0.1) is 5.92 Å². The first-order valence-electron chi connectivity index (χ1n) is 5.94. The van der Waals surface area contributed by atoms with Crippen LogP contribution in [0.1, 0.15) is 41.0 Å². The quantitative estimate of drug-likeness (QED) is 0.736. The molecule has 0 unspecified atom stereocenters. The predicted molar refractivity (Wildman–Crippen MR) is 68.6 cm³/mol. The fraction of sp³-hybridized carbons (Fsp3) is 1.00. The summed E-state index contributed by atoms with van der Waals surface area (Å²) in [6.07, 6.45) is 0.581. The van der Waals surface area contributed by atoms with Gasteiger partial charge in [-0.05, 0) is 24.6 Å². The number of hydrogen-bond acceptors (Lipinski definition) is 2. The molecule has 0 heterocycles. The minimum absolute atomic E-state index is 0.227. The molecule has 0 radical (unpaired) electrons. The predicted octanol–water partition coefficient (Wildman–Crippen LogP) is 3.42. The van der Waals surface area contributed by atoms with Crippen molar-refractivity contribution in [2.45, 2.75) is 65.3 Å². The molecule has 0 amide bonds. The molecule has 0 spiro atoms. The molecule has 0 aliphatic rings. The van der Waals surface area contributed by atoms with Crippen molar-refractivity contribution in [2.24, 2.45) is 5.92 Å². The van der Waals surface area contributed by atoms with E-state index in [9.17, 15) is 5.11 Å². The summed E-state index contributed by atoms with van der Waals surface area (Å²) < 4.78 is 6.06. The van der Waals surface area contributed by atoms with Crippen LogP contribution in [0.3, 0.4) is 0 Å². The first-order valence-corrected chi connectivity index (χ1v) is 8.84. The van der Waals surface area contributed by atoms with Gasteiger partial charge < -0.3 is 9.53 Å². The van der Waals surface area contributed by atoms with E-state index in [2.05, 4.69) is 40.8 Å². The average Bonchev–Trinajstić information content (AvgIpc) is 2.11. The van der Waals surface area contributed by atoms with Gasteiger partial charge in [0, 0.05) is 12.5 Å². The third-order valence-corrected chi connectivity index (χ3v) is 8.09. The van der Waals surface area contributed by atoms with E-state index in [0.717, 1.165) is 6.42 Å². The summed E-state index contributed by atoms with van der Waals surface area (Å²) in [6, 6.07) is 0. The minimum atomic E-state index is -1.64. The molecule has 0 aromatic rings. The average molecular weight is 232 g/mol. The Morgan fingerprint density at radius 3 is 2.07 bits per heavy atom. The molecular formula is C12H28O2Si. The van der Waals surface area contributed by atoms with Gasteiger partial charge in [0.05, 0.1) is 6.10 Å². The van der Waals surface area contributed by atoms with Crippen LogP contribution in [0.15, 0.2) is 0 Å². The van der Waals surface area contributed by atoms with Crippen molar-refractivity contribution in [3.05, 3.63) is 0 Å². The summed E-state index contributed by atoms with van der Waals surface area (Å²) in [5, 5.41) is 9.92. The second kappa shape index (κ2) is 5.46. The van der Waals surface area contributed by atoms with Crippen LogP contribution in [0.5, 0.6) is 0 Å². The Labute approximate surface area is 96.2 Å². The zero-order chi connectivity index (χ0) is 12.3. The highest BCUT2D eigenvalue weighted by Crippen LogP contribution is 2.36. The Bertz CT molecular complexity index is 185. The van der Waals surface area contributed by atoms with Crippen molar-refractivity contribution in [2.75, 3.05) is 6.61 Å². The maximum Gasteiger partial charge on any atom is 0.191 e. The monoisotopic (exact) mass is 232 g/mol. The molecule has 0 aromatic carbocycles. The molecule has 15 heavy (non-hydrogen) atoms. The molecular weight excluding hydrogens is 204 g/mol. The van der Waals surface area contributed by atoms with E-state index in [1.165, 1.54) is 0 Å². The Hall–Kier alpha value is 0.137.